The minimum atomic E-state index is -3.41. The molecule has 6 nitrogen and oxygen atoms in total. The Morgan fingerprint density at radius 1 is 1.27 bits per heavy atom. The largest absolute Gasteiger partial charge is 0.352 e. The number of hydrogen-bond acceptors (Lipinski definition) is 4. The molecule has 0 spiro atoms. The molecule has 0 aromatic heterocycles. The molecule has 1 aliphatic carbocycles. The van der Waals surface area contributed by atoms with Crippen LogP contribution in [0.2, 0.25) is 0 Å². The first-order chi connectivity index (χ1) is 10.3. The summed E-state index contributed by atoms with van der Waals surface area (Å²) in [6.45, 7) is 0.396. The summed E-state index contributed by atoms with van der Waals surface area (Å²) < 4.78 is 25.1. The lowest BCUT2D eigenvalue weighted by Gasteiger charge is -2.13. The molecule has 1 saturated carbocycles. The van der Waals surface area contributed by atoms with Crippen LogP contribution in [0.1, 0.15) is 24.8 Å². The fraction of sp³-hybridized carbons (Fsp3) is 0.533. The van der Waals surface area contributed by atoms with Crippen molar-refractivity contribution in [3.8, 4) is 0 Å². The second kappa shape index (κ2) is 6.76. The van der Waals surface area contributed by atoms with E-state index in [0.29, 0.717) is 6.54 Å². The number of rotatable bonds is 5. The van der Waals surface area contributed by atoms with Crippen LogP contribution in [0.25, 0.3) is 0 Å². The molecule has 7 heteroatoms. The molecular formula is C15H23N3O3S. The fourth-order valence-corrected chi connectivity index (χ4v) is 3.48. The van der Waals surface area contributed by atoms with Crippen molar-refractivity contribution in [3.05, 3.63) is 29.8 Å². The number of benzene rings is 1. The average Bonchev–Trinajstić information content (AvgIpc) is 2.91. The zero-order chi connectivity index (χ0) is 16.3. The first kappa shape index (κ1) is 16.9. The fourth-order valence-electron chi connectivity index (χ4n) is 2.58. The maximum atomic E-state index is 12.0. The van der Waals surface area contributed by atoms with Gasteiger partial charge in [0.15, 0.2) is 0 Å². The highest BCUT2D eigenvalue weighted by molar-refractivity contribution is 7.89. The molecule has 0 saturated heterocycles. The molecule has 2 atom stereocenters. The Hall–Kier alpha value is -1.44. The van der Waals surface area contributed by atoms with Gasteiger partial charge in [-0.05, 0) is 37.0 Å². The summed E-state index contributed by atoms with van der Waals surface area (Å²) >= 11 is 0. The smallest absolute Gasteiger partial charge is 0.242 e. The van der Waals surface area contributed by atoms with E-state index in [9.17, 15) is 13.2 Å². The van der Waals surface area contributed by atoms with Crippen molar-refractivity contribution in [2.45, 2.75) is 36.7 Å². The molecule has 0 bridgehead atoms. The van der Waals surface area contributed by atoms with Crippen molar-refractivity contribution in [2.24, 2.45) is 11.7 Å². The lowest BCUT2D eigenvalue weighted by Crippen LogP contribution is -2.30. The second-order valence-corrected chi connectivity index (χ2v) is 8.07. The van der Waals surface area contributed by atoms with Crippen molar-refractivity contribution in [1.29, 1.82) is 0 Å². The predicted octanol–water partition coefficient (Wildman–Crippen LogP) is 0.681. The molecule has 1 aliphatic rings. The van der Waals surface area contributed by atoms with E-state index in [1.165, 1.54) is 18.4 Å². The number of carbonyl (C=O) groups is 1. The number of nitrogens with two attached hydrogens (primary N) is 1. The molecule has 22 heavy (non-hydrogen) atoms. The van der Waals surface area contributed by atoms with E-state index >= 15 is 0 Å². The van der Waals surface area contributed by atoms with Crippen LogP contribution in [0.5, 0.6) is 0 Å². The second-order valence-electron chi connectivity index (χ2n) is 5.92. The number of amides is 1. The van der Waals surface area contributed by atoms with Crippen molar-refractivity contribution in [3.63, 3.8) is 0 Å². The molecule has 122 valence electrons. The zero-order valence-electron chi connectivity index (χ0n) is 13.0. The lowest BCUT2D eigenvalue weighted by molar-refractivity contribution is -0.125. The van der Waals surface area contributed by atoms with Crippen LogP contribution in [-0.4, -0.2) is 38.8 Å². The van der Waals surface area contributed by atoms with Gasteiger partial charge in [-0.25, -0.2) is 12.7 Å². The Bertz CT molecular complexity index is 626. The van der Waals surface area contributed by atoms with E-state index in [0.717, 1.165) is 24.8 Å². The van der Waals surface area contributed by atoms with Crippen LogP contribution in [0, 0.1) is 5.92 Å². The van der Waals surface area contributed by atoms with Crippen LogP contribution >= 0.6 is 0 Å². The average molecular weight is 325 g/mol. The maximum absolute atomic E-state index is 12.0. The molecular weight excluding hydrogens is 302 g/mol. The van der Waals surface area contributed by atoms with Crippen molar-refractivity contribution >= 4 is 15.9 Å². The highest BCUT2D eigenvalue weighted by Gasteiger charge is 2.27. The van der Waals surface area contributed by atoms with E-state index < -0.39 is 10.0 Å². The van der Waals surface area contributed by atoms with Gasteiger partial charge in [-0.15, -0.1) is 0 Å². The first-order valence-electron chi connectivity index (χ1n) is 7.35. The summed E-state index contributed by atoms with van der Waals surface area (Å²) in [5, 5.41) is 2.89. The molecule has 0 heterocycles. The number of carbonyl (C=O) groups excluding carboxylic acids is 1. The van der Waals surface area contributed by atoms with E-state index in [2.05, 4.69) is 5.32 Å². The predicted molar refractivity (Wildman–Crippen MR) is 84.5 cm³/mol. The highest BCUT2D eigenvalue weighted by Crippen LogP contribution is 2.24. The summed E-state index contributed by atoms with van der Waals surface area (Å²) in [6.07, 6.45) is 2.48. The first-order valence-corrected chi connectivity index (χ1v) is 8.79. The number of hydrogen-bond donors (Lipinski definition) is 2. The van der Waals surface area contributed by atoms with E-state index in [1.54, 1.807) is 24.3 Å². The monoisotopic (exact) mass is 325 g/mol. The summed E-state index contributed by atoms with van der Waals surface area (Å²) in [7, 11) is -0.420. The topological polar surface area (TPSA) is 92.5 Å². The zero-order valence-corrected chi connectivity index (χ0v) is 13.8. The van der Waals surface area contributed by atoms with Crippen molar-refractivity contribution in [1.82, 2.24) is 9.62 Å². The van der Waals surface area contributed by atoms with Crippen LogP contribution in [0.15, 0.2) is 29.2 Å². The van der Waals surface area contributed by atoms with Gasteiger partial charge in [0, 0.05) is 32.6 Å². The number of nitrogens with one attached hydrogen (secondary N) is 1. The Morgan fingerprint density at radius 2 is 1.91 bits per heavy atom. The number of nitrogens with zero attached hydrogens (tertiary/aromatic N) is 1. The van der Waals surface area contributed by atoms with E-state index in [1.807, 2.05) is 0 Å². The van der Waals surface area contributed by atoms with E-state index in [-0.39, 0.29) is 22.8 Å². The standard InChI is InChI=1S/C15H23N3O3S/c1-18(2)22(20,21)14-7-3-11(4-8-14)10-17-15(19)12-5-6-13(16)9-12/h3-4,7-8,12-13H,5-6,9-10,16H2,1-2H3,(H,17,19). The minimum absolute atomic E-state index is 0.00314. The van der Waals surface area contributed by atoms with Gasteiger partial charge in [-0.1, -0.05) is 12.1 Å². The van der Waals surface area contributed by atoms with Gasteiger partial charge in [0.2, 0.25) is 15.9 Å². The number of sulfonamides is 1. The Morgan fingerprint density at radius 3 is 2.41 bits per heavy atom. The molecule has 1 fully saturated rings. The van der Waals surface area contributed by atoms with Crippen LogP contribution < -0.4 is 11.1 Å². The molecule has 2 rings (SSSR count). The van der Waals surface area contributed by atoms with E-state index in [4.69, 9.17) is 5.73 Å². The third kappa shape index (κ3) is 3.85. The summed E-state index contributed by atoms with van der Waals surface area (Å²) in [5.74, 6) is 0.0290. The van der Waals surface area contributed by atoms with Crippen molar-refractivity contribution in [2.75, 3.05) is 14.1 Å². The SMILES string of the molecule is CN(C)S(=O)(=O)c1ccc(CNC(=O)C2CCC(N)C2)cc1. The van der Waals surface area contributed by atoms with Crippen LogP contribution in [-0.2, 0) is 21.4 Å². The third-order valence-electron chi connectivity index (χ3n) is 4.01. The molecule has 0 radical (unpaired) electrons. The molecule has 1 aromatic carbocycles. The Kier molecular flexibility index (Phi) is 5.20. The Labute approximate surface area is 131 Å². The van der Waals surface area contributed by atoms with Gasteiger partial charge >= 0.3 is 0 Å². The van der Waals surface area contributed by atoms with Gasteiger partial charge in [0.25, 0.3) is 0 Å². The molecule has 1 amide bonds. The van der Waals surface area contributed by atoms with Gasteiger partial charge in [-0.3, -0.25) is 4.79 Å². The third-order valence-corrected chi connectivity index (χ3v) is 5.84. The van der Waals surface area contributed by atoms with Gasteiger partial charge in [0.1, 0.15) is 0 Å². The summed E-state index contributed by atoms with van der Waals surface area (Å²) in [4.78, 5) is 12.3. The summed E-state index contributed by atoms with van der Waals surface area (Å²) in [5.41, 5.74) is 6.68. The van der Waals surface area contributed by atoms with Crippen LogP contribution in [0.3, 0.4) is 0 Å². The van der Waals surface area contributed by atoms with Gasteiger partial charge in [0.05, 0.1) is 4.90 Å². The molecule has 0 aliphatic heterocycles. The van der Waals surface area contributed by atoms with Gasteiger partial charge < -0.3 is 11.1 Å². The Balaban J connectivity index is 1.93. The normalized spacial score (nSPS) is 22.0. The minimum Gasteiger partial charge on any atom is -0.352 e. The quantitative estimate of drug-likeness (QED) is 0.832. The van der Waals surface area contributed by atoms with Crippen LogP contribution in [0.4, 0.5) is 0 Å². The lowest BCUT2D eigenvalue weighted by atomic mass is 10.1. The molecule has 3 N–H and O–H groups in total. The highest BCUT2D eigenvalue weighted by atomic mass is 32.2. The van der Waals surface area contributed by atoms with Gasteiger partial charge in [-0.2, -0.15) is 0 Å². The maximum Gasteiger partial charge on any atom is 0.242 e. The van der Waals surface area contributed by atoms with Crippen molar-refractivity contribution < 1.29 is 13.2 Å². The molecule has 2 unspecified atom stereocenters. The molecule has 1 aromatic rings. The summed E-state index contributed by atoms with van der Waals surface area (Å²) in [6, 6.07) is 6.69.